The van der Waals surface area contributed by atoms with E-state index in [9.17, 15) is 9.59 Å². The summed E-state index contributed by atoms with van der Waals surface area (Å²) in [6.45, 7) is 4.84. The molecule has 0 bridgehead atoms. The number of benzene rings is 2. The van der Waals surface area contributed by atoms with Crippen LogP contribution in [0.15, 0.2) is 59.7 Å². The minimum Gasteiger partial charge on any atom is -0.486 e. The molecule has 34 heavy (non-hydrogen) atoms. The van der Waals surface area contributed by atoms with Crippen LogP contribution in [-0.4, -0.2) is 42.3 Å². The lowest BCUT2D eigenvalue weighted by atomic mass is 10.0. The molecule has 0 radical (unpaired) electrons. The molecule has 2 aromatic carbocycles. The third-order valence-corrected chi connectivity index (χ3v) is 5.86. The molecule has 2 aliphatic heterocycles. The Balaban J connectivity index is 1.38. The van der Waals surface area contributed by atoms with Gasteiger partial charge in [-0.05, 0) is 60.9 Å². The molecule has 0 saturated heterocycles. The Labute approximate surface area is 197 Å². The summed E-state index contributed by atoms with van der Waals surface area (Å²) in [5.41, 5.74) is 4.94. The van der Waals surface area contributed by atoms with Crippen molar-refractivity contribution in [3.8, 4) is 11.5 Å². The number of pyridine rings is 1. The molecule has 0 unspecified atom stereocenters. The molecular formula is C26H24N4O4. The molecule has 5 rings (SSSR count). The number of nitrogens with one attached hydrogen (secondary N) is 1. The van der Waals surface area contributed by atoms with E-state index in [0.29, 0.717) is 47.6 Å². The molecule has 0 spiro atoms. The maximum atomic E-state index is 13.3. The number of rotatable bonds is 4. The summed E-state index contributed by atoms with van der Waals surface area (Å²) in [4.78, 5) is 36.7. The lowest BCUT2D eigenvalue weighted by molar-refractivity contribution is -0.120. The number of amides is 2. The molecule has 2 amide bonds. The van der Waals surface area contributed by atoms with Gasteiger partial charge in [-0.2, -0.15) is 0 Å². The first-order valence-electron chi connectivity index (χ1n) is 11.1. The summed E-state index contributed by atoms with van der Waals surface area (Å²) in [6.07, 6.45) is 1.66. The van der Waals surface area contributed by atoms with Crippen LogP contribution < -0.4 is 19.7 Å². The van der Waals surface area contributed by atoms with Crippen LogP contribution in [0, 0.1) is 13.8 Å². The van der Waals surface area contributed by atoms with Crippen LogP contribution in [0.5, 0.6) is 11.5 Å². The Morgan fingerprint density at radius 2 is 1.85 bits per heavy atom. The van der Waals surface area contributed by atoms with Crippen LogP contribution >= 0.6 is 0 Å². The highest BCUT2D eigenvalue weighted by atomic mass is 16.6. The molecule has 1 aromatic heterocycles. The molecule has 3 heterocycles. The quantitative estimate of drug-likeness (QED) is 0.641. The number of carbonyl (C=O) groups excluding carboxylic acids is 2. The minimum atomic E-state index is -0.351. The monoisotopic (exact) mass is 456 g/mol. The molecule has 0 fully saturated rings. The highest BCUT2D eigenvalue weighted by Gasteiger charge is 2.28. The molecule has 3 aromatic rings. The topological polar surface area (TPSA) is 93.1 Å². The lowest BCUT2D eigenvalue weighted by Gasteiger charge is -2.21. The van der Waals surface area contributed by atoms with E-state index in [2.05, 4.69) is 10.3 Å². The molecule has 1 N–H and O–H groups in total. The summed E-state index contributed by atoms with van der Waals surface area (Å²) in [5.74, 6) is 0.987. The summed E-state index contributed by atoms with van der Waals surface area (Å²) >= 11 is 0. The van der Waals surface area contributed by atoms with Crippen molar-refractivity contribution in [2.75, 3.05) is 30.0 Å². The number of aryl methyl sites for hydroxylation is 2. The van der Waals surface area contributed by atoms with Crippen molar-refractivity contribution < 1.29 is 19.1 Å². The number of fused-ring (bicyclic) bond motifs is 2. The molecule has 0 atom stereocenters. The zero-order chi connectivity index (χ0) is 23.7. The average Bonchev–Trinajstić information content (AvgIpc) is 2.97. The van der Waals surface area contributed by atoms with Crippen LogP contribution in [0.3, 0.4) is 0 Å². The van der Waals surface area contributed by atoms with E-state index in [-0.39, 0.29) is 24.8 Å². The minimum absolute atomic E-state index is 0.0656. The van der Waals surface area contributed by atoms with Crippen LogP contribution in [-0.2, 0) is 9.59 Å². The van der Waals surface area contributed by atoms with E-state index in [1.807, 2.05) is 32.0 Å². The van der Waals surface area contributed by atoms with Gasteiger partial charge in [-0.25, -0.2) is 9.98 Å². The fourth-order valence-electron chi connectivity index (χ4n) is 3.94. The lowest BCUT2D eigenvalue weighted by Crippen LogP contribution is -2.39. The predicted octanol–water partition coefficient (Wildman–Crippen LogP) is 3.97. The summed E-state index contributed by atoms with van der Waals surface area (Å²) in [5, 5.41) is 2.83. The largest absolute Gasteiger partial charge is 0.486 e. The highest BCUT2D eigenvalue weighted by Crippen LogP contribution is 2.33. The van der Waals surface area contributed by atoms with E-state index in [0.717, 1.165) is 11.1 Å². The van der Waals surface area contributed by atoms with Crippen LogP contribution in [0.1, 0.15) is 23.1 Å². The number of carbonyl (C=O) groups is 2. The van der Waals surface area contributed by atoms with E-state index in [4.69, 9.17) is 14.5 Å². The van der Waals surface area contributed by atoms with Gasteiger partial charge in [0.15, 0.2) is 17.3 Å². The molecule has 8 heteroatoms. The second-order valence-electron chi connectivity index (χ2n) is 8.27. The Morgan fingerprint density at radius 1 is 1.03 bits per heavy atom. The third-order valence-electron chi connectivity index (χ3n) is 5.86. The number of hydrogen-bond donors (Lipinski definition) is 1. The van der Waals surface area contributed by atoms with Gasteiger partial charge in [-0.1, -0.05) is 12.1 Å². The van der Waals surface area contributed by atoms with Crippen molar-refractivity contribution in [3.63, 3.8) is 0 Å². The molecule has 2 aliphatic rings. The van der Waals surface area contributed by atoms with Gasteiger partial charge in [0.1, 0.15) is 25.4 Å². The molecule has 172 valence electrons. The smallest absolute Gasteiger partial charge is 0.244 e. The van der Waals surface area contributed by atoms with Gasteiger partial charge < -0.3 is 14.8 Å². The van der Waals surface area contributed by atoms with E-state index >= 15 is 0 Å². The second-order valence-corrected chi connectivity index (χ2v) is 8.27. The Hall–Kier alpha value is -4.20. The van der Waals surface area contributed by atoms with Crippen molar-refractivity contribution in [1.29, 1.82) is 0 Å². The molecule has 0 saturated carbocycles. The fourth-order valence-corrected chi connectivity index (χ4v) is 3.94. The number of aliphatic imine (C=N–C) groups is 1. The van der Waals surface area contributed by atoms with E-state index in [1.54, 1.807) is 36.5 Å². The second kappa shape index (κ2) is 8.97. The van der Waals surface area contributed by atoms with Crippen molar-refractivity contribution >= 4 is 34.7 Å². The normalized spacial score (nSPS) is 14.7. The van der Waals surface area contributed by atoms with Gasteiger partial charge in [-0.15, -0.1) is 0 Å². The number of hydrogen-bond acceptors (Lipinski definition) is 6. The number of ether oxygens (including phenoxy) is 2. The Bertz CT molecular complexity index is 1320. The van der Waals surface area contributed by atoms with Gasteiger partial charge in [0.2, 0.25) is 11.8 Å². The van der Waals surface area contributed by atoms with Crippen molar-refractivity contribution in [1.82, 2.24) is 4.98 Å². The Morgan fingerprint density at radius 3 is 2.68 bits per heavy atom. The van der Waals surface area contributed by atoms with Gasteiger partial charge in [0.05, 0.1) is 12.1 Å². The van der Waals surface area contributed by atoms with Gasteiger partial charge in [-0.3, -0.25) is 14.5 Å². The van der Waals surface area contributed by atoms with Crippen LogP contribution in [0.25, 0.3) is 0 Å². The first kappa shape index (κ1) is 21.6. The zero-order valence-corrected chi connectivity index (χ0v) is 19.0. The molecule has 8 nitrogen and oxygen atoms in total. The molecule has 0 aliphatic carbocycles. The van der Waals surface area contributed by atoms with Crippen molar-refractivity contribution in [3.05, 3.63) is 71.4 Å². The number of anilines is 2. The first-order chi connectivity index (χ1) is 16.5. The number of nitrogens with zero attached hydrogens (tertiary/aromatic N) is 3. The van der Waals surface area contributed by atoms with Gasteiger partial charge in [0, 0.05) is 18.0 Å². The first-order valence-corrected chi connectivity index (χ1v) is 11.1. The standard InChI is InChI=1S/C26H24N4O4/c1-16-5-6-18(12-17(16)2)21-14-25(32)30(26-20(29-21)4-3-9-27-26)15-24(31)28-19-7-8-22-23(13-19)34-11-10-33-22/h3-9,12-13H,10-11,14-15H2,1-2H3,(H,28,31). The van der Waals surface area contributed by atoms with Crippen LogP contribution in [0.2, 0.25) is 0 Å². The predicted molar refractivity (Wildman–Crippen MR) is 129 cm³/mol. The Kier molecular flexibility index (Phi) is 5.71. The van der Waals surface area contributed by atoms with Gasteiger partial charge in [0.25, 0.3) is 0 Å². The fraction of sp³-hybridized carbons (Fsp3) is 0.231. The highest BCUT2D eigenvalue weighted by molar-refractivity contribution is 6.18. The number of aromatic nitrogens is 1. The maximum Gasteiger partial charge on any atom is 0.244 e. The summed E-state index contributed by atoms with van der Waals surface area (Å²) in [7, 11) is 0. The SMILES string of the molecule is Cc1ccc(C2=Nc3cccnc3N(CC(=O)Nc3ccc4c(c3)OCCO4)C(=O)C2)cc1C. The van der Waals surface area contributed by atoms with Crippen molar-refractivity contribution in [2.45, 2.75) is 20.3 Å². The molecular weight excluding hydrogens is 432 g/mol. The summed E-state index contributed by atoms with van der Waals surface area (Å²) < 4.78 is 11.1. The van der Waals surface area contributed by atoms with E-state index < -0.39 is 0 Å². The third kappa shape index (κ3) is 4.34. The van der Waals surface area contributed by atoms with Gasteiger partial charge >= 0.3 is 0 Å². The summed E-state index contributed by atoms with van der Waals surface area (Å²) in [6, 6.07) is 14.8. The zero-order valence-electron chi connectivity index (χ0n) is 19.0. The maximum absolute atomic E-state index is 13.3. The van der Waals surface area contributed by atoms with E-state index in [1.165, 1.54) is 10.5 Å². The van der Waals surface area contributed by atoms with Crippen LogP contribution in [0.4, 0.5) is 17.2 Å². The van der Waals surface area contributed by atoms with Crippen molar-refractivity contribution in [2.24, 2.45) is 4.99 Å². The average molecular weight is 457 g/mol.